The van der Waals surface area contributed by atoms with Gasteiger partial charge in [-0.1, -0.05) is 18.6 Å². The monoisotopic (exact) mass is 307 g/mol. The van der Waals surface area contributed by atoms with Crippen LogP contribution in [-0.4, -0.2) is 37.1 Å². The van der Waals surface area contributed by atoms with E-state index in [9.17, 15) is 9.90 Å². The van der Waals surface area contributed by atoms with Gasteiger partial charge in [0.1, 0.15) is 12.4 Å². The SMILES string of the molecule is CCOC(=O)NCCOc1ccc(C[C@H]2CCC[C@@H]2O)cc1. The van der Waals surface area contributed by atoms with Crippen LogP contribution in [0.1, 0.15) is 31.7 Å². The Morgan fingerprint density at radius 1 is 1.32 bits per heavy atom. The lowest BCUT2D eigenvalue weighted by Gasteiger charge is -2.14. The van der Waals surface area contributed by atoms with Crippen LogP contribution < -0.4 is 10.1 Å². The quantitative estimate of drug-likeness (QED) is 0.760. The van der Waals surface area contributed by atoms with Crippen LogP contribution in [0.2, 0.25) is 0 Å². The maximum atomic E-state index is 11.1. The maximum absolute atomic E-state index is 11.1. The minimum atomic E-state index is -0.420. The number of carbonyl (C=O) groups excluding carboxylic acids is 1. The zero-order valence-corrected chi connectivity index (χ0v) is 13.1. The molecule has 1 aromatic rings. The number of hydrogen-bond acceptors (Lipinski definition) is 4. The summed E-state index contributed by atoms with van der Waals surface area (Å²) in [6.45, 7) is 2.94. The Balaban J connectivity index is 1.69. The molecule has 0 spiro atoms. The summed E-state index contributed by atoms with van der Waals surface area (Å²) in [5.41, 5.74) is 1.22. The first-order valence-corrected chi connectivity index (χ1v) is 7.99. The molecule has 5 nitrogen and oxygen atoms in total. The standard InChI is InChI=1S/C17H25NO4/c1-2-21-17(20)18-10-11-22-15-8-6-13(7-9-15)12-14-4-3-5-16(14)19/h6-9,14,16,19H,2-5,10-12H2,1H3,(H,18,20)/t14-,16+/m1/s1. The molecule has 2 atom stereocenters. The van der Waals surface area contributed by atoms with Crippen molar-refractivity contribution < 1.29 is 19.4 Å². The second-order valence-electron chi connectivity index (χ2n) is 5.60. The fourth-order valence-electron chi connectivity index (χ4n) is 2.78. The third kappa shape index (κ3) is 5.22. The van der Waals surface area contributed by atoms with Crippen LogP contribution in [0.4, 0.5) is 4.79 Å². The van der Waals surface area contributed by atoms with E-state index < -0.39 is 6.09 Å². The highest BCUT2D eigenvalue weighted by Crippen LogP contribution is 2.29. The molecule has 0 bridgehead atoms. The van der Waals surface area contributed by atoms with Crippen molar-refractivity contribution in [3.63, 3.8) is 0 Å². The van der Waals surface area contributed by atoms with Gasteiger partial charge in [-0.15, -0.1) is 0 Å². The predicted molar refractivity (Wildman–Crippen MR) is 84.0 cm³/mol. The first-order valence-electron chi connectivity index (χ1n) is 7.99. The maximum Gasteiger partial charge on any atom is 0.407 e. The summed E-state index contributed by atoms with van der Waals surface area (Å²) in [6, 6.07) is 7.94. The van der Waals surface area contributed by atoms with Crippen LogP contribution in [0.3, 0.4) is 0 Å². The number of nitrogens with one attached hydrogen (secondary N) is 1. The summed E-state index contributed by atoms with van der Waals surface area (Å²) in [7, 11) is 0. The number of amides is 1. The van der Waals surface area contributed by atoms with Gasteiger partial charge in [0.15, 0.2) is 0 Å². The molecule has 2 rings (SSSR count). The summed E-state index contributed by atoms with van der Waals surface area (Å²) >= 11 is 0. The summed E-state index contributed by atoms with van der Waals surface area (Å²) < 4.78 is 10.3. The van der Waals surface area contributed by atoms with Crippen LogP contribution >= 0.6 is 0 Å². The highest BCUT2D eigenvalue weighted by Gasteiger charge is 2.24. The molecule has 0 unspecified atom stereocenters. The molecule has 5 heteroatoms. The largest absolute Gasteiger partial charge is 0.492 e. The summed E-state index contributed by atoms with van der Waals surface area (Å²) in [5.74, 6) is 1.17. The van der Waals surface area contributed by atoms with Gasteiger partial charge in [0.2, 0.25) is 0 Å². The zero-order chi connectivity index (χ0) is 15.8. The van der Waals surface area contributed by atoms with Crippen LogP contribution in [0.25, 0.3) is 0 Å². The van der Waals surface area contributed by atoms with Crippen molar-refractivity contribution in [1.29, 1.82) is 0 Å². The molecule has 1 fully saturated rings. The minimum Gasteiger partial charge on any atom is -0.492 e. The third-order valence-electron chi connectivity index (χ3n) is 3.96. The van der Waals surface area contributed by atoms with Gasteiger partial charge in [0, 0.05) is 0 Å². The van der Waals surface area contributed by atoms with E-state index in [2.05, 4.69) is 5.32 Å². The normalized spacial score (nSPS) is 20.6. The Morgan fingerprint density at radius 2 is 2.09 bits per heavy atom. The molecule has 0 heterocycles. The molecular formula is C17H25NO4. The average Bonchev–Trinajstić information content (AvgIpc) is 2.91. The van der Waals surface area contributed by atoms with Crippen molar-refractivity contribution in [2.45, 2.75) is 38.7 Å². The Morgan fingerprint density at radius 3 is 2.73 bits per heavy atom. The Bertz CT molecular complexity index is 460. The fraction of sp³-hybridized carbons (Fsp3) is 0.588. The predicted octanol–water partition coefficient (Wildman–Crippen LogP) is 2.52. The Labute approximate surface area is 131 Å². The van der Waals surface area contributed by atoms with E-state index in [1.165, 1.54) is 5.56 Å². The van der Waals surface area contributed by atoms with E-state index >= 15 is 0 Å². The van der Waals surface area contributed by atoms with E-state index in [1.54, 1.807) is 6.92 Å². The number of carbonyl (C=O) groups is 1. The Hall–Kier alpha value is -1.75. The summed E-state index contributed by atoms with van der Waals surface area (Å²) in [6.07, 6.45) is 3.52. The van der Waals surface area contributed by atoms with E-state index in [0.717, 1.165) is 31.4 Å². The van der Waals surface area contributed by atoms with Gasteiger partial charge in [0.25, 0.3) is 0 Å². The van der Waals surface area contributed by atoms with Crippen molar-refractivity contribution in [1.82, 2.24) is 5.32 Å². The molecule has 0 aliphatic heterocycles. The number of benzene rings is 1. The highest BCUT2D eigenvalue weighted by molar-refractivity contribution is 5.66. The number of aliphatic hydroxyl groups excluding tert-OH is 1. The lowest BCUT2D eigenvalue weighted by atomic mass is 9.96. The number of alkyl carbamates (subject to hydrolysis) is 1. The third-order valence-corrected chi connectivity index (χ3v) is 3.96. The molecule has 1 aliphatic rings. The molecular weight excluding hydrogens is 282 g/mol. The van der Waals surface area contributed by atoms with Crippen molar-refractivity contribution in [3.8, 4) is 5.75 Å². The van der Waals surface area contributed by atoms with Gasteiger partial charge in [-0.3, -0.25) is 0 Å². The Kier molecular flexibility index (Phi) is 6.52. The minimum absolute atomic E-state index is 0.148. The number of ether oxygens (including phenoxy) is 2. The molecule has 1 aromatic carbocycles. The van der Waals surface area contributed by atoms with Gasteiger partial charge < -0.3 is 19.9 Å². The van der Waals surface area contributed by atoms with Gasteiger partial charge in [-0.2, -0.15) is 0 Å². The molecule has 22 heavy (non-hydrogen) atoms. The molecule has 1 saturated carbocycles. The van der Waals surface area contributed by atoms with Crippen molar-refractivity contribution in [3.05, 3.63) is 29.8 Å². The van der Waals surface area contributed by atoms with E-state index in [1.807, 2.05) is 24.3 Å². The molecule has 1 amide bonds. The van der Waals surface area contributed by atoms with E-state index in [4.69, 9.17) is 9.47 Å². The first kappa shape index (κ1) is 16.6. The molecule has 122 valence electrons. The van der Waals surface area contributed by atoms with E-state index in [0.29, 0.717) is 25.7 Å². The van der Waals surface area contributed by atoms with Gasteiger partial charge >= 0.3 is 6.09 Å². The van der Waals surface area contributed by atoms with Crippen molar-refractivity contribution in [2.75, 3.05) is 19.8 Å². The first-order chi connectivity index (χ1) is 10.7. The smallest absolute Gasteiger partial charge is 0.407 e. The second kappa shape index (κ2) is 8.63. The molecule has 0 saturated heterocycles. The lowest BCUT2D eigenvalue weighted by Crippen LogP contribution is -2.28. The summed E-state index contributed by atoms with van der Waals surface area (Å²) in [4.78, 5) is 11.1. The molecule has 1 aliphatic carbocycles. The molecule has 0 aromatic heterocycles. The van der Waals surface area contributed by atoms with Crippen LogP contribution in [0.5, 0.6) is 5.75 Å². The van der Waals surface area contributed by atoms with E-state index in [-0.39, 0.29) is 6.10 Å². The number of rotatable bonds is 7. The van der Waals surface area contributed by atoms with Crippen LogP contribution in [0, 0.1) is 5.92 Å². The van der Waals surface area contributed by atoms with Crippen molar-refractivity contribution >= 4 is 6.09 Å². The zero-order valence-electron chi connectivity index (χ0n) is 13.1. The number of hydrogen-bond donors (Lipinski definition) is 2. The van der Waals surface area contributed by atoms with Gasteiger partial charge in [-0.05, 0) is 49.8 Å². The van der Waals surface area contributed by atoms with Crippen LogP contribution in [0.15, 0.2) is 24.3 Å². The van der Waals surface area contributed by atoms with Crippen LogP contribution in [-0.2, 0) is 11.2 Å². The topological polar surface area (TPSA) is 67.8 Å². The highest BCUT2D eigenvalue weighted by atomic mass is 16.5. The lowest BCUT2D eigenvalue weighted by molar-refractivity contribution is 0.132. The fourth-order valence-corrected chi connectivity index (χ4v) is 2.78. The van der Waals surface area contributed by atoms with Gasteiger partial charge in [-0.25, -0.2) is 4.79 Å². The number of aliphatic hydroxyl groups is 1. The average molecular weight is 307 g/mol. The second-order valence-corrected chi connectivity index (χ2v) is 5.60. The summed E-state index contributed by atoms with van der Waals surface area (Å²) in [5, 5.41) is 12.5. The molecule has 0 radical (unpaired) electrons. The van der Waals surface area contributed by atoms with Gasteiger partial charge in [0.05, 0.1) is 19.3 Å². The molecule has 2 N–H and O–H groups in total. The van der Waals surface area contributed by atoms with Crippen molar-refractivity contribution in [2.24, 2.45) is 5.92 Å².